The highest BCUT2D eigenvalue weighted by molar-refractivity contribution is 7.80. The van der Waals surface area contributed by atoms with Gasteiger partial charge in [-0.05, 0) is 42.0 Å². The lowest BCUT2D eigenvalue weighted by molar-refractivity contribution is 0.689. The number of benzene rings is 2. The summed E-state index contributed by atoms with van der Waals surface area (Å²) in [6, 6.07) is 16.7. The zero-order chi connectivity index (χ0) is 21.8. The summed E-state index contributed by atoms with van der Waals surface area (Å²) in [5, 5.41) is 17.3. The van der Waals surface area contributed by atoms with E-state index in [0.717, 1.165) is 11.1 Å². The summed E-state index contributed by atoms with van der Waals surface area (Å²) in [6.07, 6.45) is 3.70. The Bertz CT molecular complexity index is 1180. The second kappa shape index (κ2) is 9.70. The molecule has 0 amide bonds. The molecule has 4 aromatic rings. The first-order valence-electron chi connectivity index (χ1n) is 9.28. The van der Waals surface area contributed by atoms with Crippen LogP contribution in [0.4, 0.5) is 11.6 Å². The minimum Gasteiger partial charge on any atom is -0.316 e. The van der Waals surface area contributed by atoms with E-state index in [1.54, 1.807) is 16.8 Å². The molecular weight excluding hydrogens is 475 g/mol. The second-order valence-electron chi connectivity index (χ2n) is 6.70. The molecule has 0 saturated carbocycles. The lowest BCUT2D eigenvalue weighted by Crippen LogP contribution is -2.20. The summed E-state index contributed by atoms with van der Waals surface area (Å²) in [7, 11) is 0. The maximum Gasteiger partial charge on any atom is 0.177 e. The Morgan fingerprint density at radius 2 is 1.32 bits per heavy atom. The maximum absolute atomic E-state index is 6.23. The maximum atomic E-state index is 6.23. The van der Waals surface area contributed by atoms with Gasteiger partial charge < -0.3 is 10.6 Å². The van der Waals surface area contributed by atoms with Crippen molar-refractivity contribution < 1.29 is 0 Å². The van der Waals surface area contributed by atoms with E-state index in [1.165, 1.54) is 0 Å². The normalized spacial score (nSPS) is 10.8. The molecule has 4 rings (SSSR count). The van der Waals surface area contributed by atoms with E-state index < -0.39 is 0 Å². The van der Waals surface area contributed by atoms with Crippen molar-refractivity contribution in [2.45, 2.75) is 13.1 Å². The Kier molecular flexibility index (Phi) is 6.77. The summed E-state index contributed by atoms with van der Waals surface area (Å²) in [4.78, 5) is 0. The predicted octanol–water partition coefficient (Wildman–Crippen LogP) is 5.95. The molecule has 0 aliphatic rings. The molecule has 6 nitrogen and oxygen atoms in total. The predicted molar refractivity (Wildman–Crippen MR) is 130 cm³/mol. The first-order chi connectivity index (χ1) is 15.0. The summed E-state index contributed by atoms with van der Waals surface area (Å²) in [5.41, 5.74) is 1.91. The van der Waals surface area contributed by atoms with Crippen LogP contribution in [0.5, 0.6) is 0 Å². The average molecular weight is 492 g/mol. The Hall–Kier alpha value is -2.58. The quantitative estimate of drug-likeness (QED) is 0.327. The van der Waals surface area contributed by atoms with Crippen LogP contribution in [0.1, 0.15) is 11.1 Å². The molecule has 2 N–H and O–H groups in total. The highest BCUT2D eigenvalue weighted by Gasteiger charge is 2.09. The number of hydrogen-bond acceptors (Lipinski definition) is 3. The Morgan fingerprint density at radius 3 is 1.90 bits per heavy atom. The van der Waals surface area contributed by atoms with Gasteiger partial charge in [-0.15, -0.1) is 0 Å². The number of anilines is 2. The van der Waals surface area contributed by atoms with Crippen molar-refractivity contribution in [1.29, 1.82) is 0 Å². The third kappa shape index (κ3) is 5.77. The first kappa shape index (κ1) is 21.6. The summed E-state index contributed by atoms with van der Waals surface area (Å²) >= 11 is 23.8. The molecule has 0 saturated heterocycles. The molecule has 31 heavy (non-hydrogen) atoms. The fraction of sp³-hybridized carbons (Fsp3) is 0.0952. The van der Waals surface area contributed by atoms with Gasteiger partial charge in [-0.25, -0.2) is 0 Å². The first-order valence-corrected chi connectivity index (χ1v) is 10.8. The smallest absolute Gasteiger partial charge is 0.177 e. The van der Waals surface area contributed by atoms with Crippen molar-refractivity contribution in [2.75, 3.05) is 10.6 Å². The molecule has 10 heteroatoms. The molecule has 2 aromatic heterocycles. The molecule has 0 fully saturated rings. The molecule has 158 valence electrons. The van der Waals surface area contributed by atoms with Gasteiger partial charge in [0.2, 0.25) is 0 Å². The van der Waals surface area contributed by atoms with Crippen molar-refractivity contribution >= 4 is 63.8 Å². The van der Waals surface area contributed by atoms with Crippen LogP contribution < -0.4 is 10.6 Å². The Labute approximate surface area is 199 Å². The average Bonchev–Trinajstić information content (AvgIpc) is 3.36. The van der Waals surface area contributed by atoms with Gasteiger partial charge in [-0.1, -0.05) is 53.0 Å². The van der Waals surface area contributed by atoms with E-state index in [-0.39, 0.29) is 0 Å². The van der Waals surface area contributed by atoms with Crippen molar-refractivity contribution in [2.24, 2.45) is 0 Å². The van der Waals surface area contributed by atoms with Crippen LogP contribution in [-0.2, 0) is 13.1 Å². The summed E-state index contributed by atoms with van der Waals surface area (Å²) < 4.78 is 3.55. The minimum atomic E-state index is 0.387. The standard InChI is InChI=1S/C21H17Cl3N6S/c22-15-6-4-14(5-7-15)12-29-10-8-19(27-29)25-21(31)26-20-9-11-30(28-20)13-16-17(23)2-1-3-18(16)24/h1-11H,12-13H2,(H2,25,26,27,28,31). The highest BCUT2D eigenvalue weighted by atomic mass is 35.5. The van der Waals surface area contributed by atoms with Crippen LogP contribution in [-0.4, -0.2) is 24.7 Å². The molecule has 0 atom stereocenters. The monoisotopic (exact) mass is 490 g/mol. The van der Waals surface area contributed by atoms with E-state index in [0.29, 0.717) is 44.9 Å². The van der Waals surface area contributed by atoms with Crippen LogP contribution in [0.25, 0.3) is 0 Å². The van der Waals surface area contributed by atoms with E-state index in [9.17, 15) is 0 Å². The number of rotatable bonds is 6. The van der Waals surface area contributed by atoms with Gasteiger partial charge in [0, 0.05) is 45.2 Å². The molecule has 0 unspecified atom stereocenters. The highest BCUT2D eigenvalue weighted by Crippen LogP contribution is 2.25. The van der Waals surface area contributed by atoms with Gasteiger partial charge in [0.05, 0.1) is 13.1 Å². The lowest BCUT2D eigenvalue weighted by Gasteiger charge is -2.08. The molecule has 2 aromatic carbocycles. The number of aromatic nitrogens is 4. The van der Waals surface area contributed by atoms with Crippen LogP contribution >= 0.6 is 47.0 Å². The molecule has 0 bridgehead atoms. The van der Waals surface area contributed by atoms with Crippen molar-refractivity contribution in [3.05, 3.63) is 93.2 Å². The van der Waals surface area contributed by atoms with Crippen molar-refractivity contribution in [3.63, 3.8) is 0 Å². The minimum absolute atomic E-state index is 0.387. The van der Waals surface area contributed by atoms with Crippen molar-refractivity contribution in [3.8, 4) is 0 Å². The largest absolute Gasteiger partial charge is 0.316 e. The zero-order valence-electron chi connectivity index (χ0n) is 16.1. The van der Waals surface area contributed by atoms with Crippen LogP contribution in [0.2, 0.25) is 15.1 Å². The van der Waals surface area contributed by atoms with Gasteiger partial charge in [0.25, 0.3) is 0 Å². The zero-order valence-corrected chi connectivity index (χ0v) is 19.2. The fourth-order valence-corrected chi connectivity index (χ4v) is 3.77. The summed E-state index contributed by atoms with van der Waals surface area (Å²) in [5.74, 6) is 1.23. The molecule has 0 radical (unpaired) electrons. The third-order valence-corrected chi connectivity index (χ3v) is 5.57. The molecule has 0 aliphatic heterocycles. The fourth-order valence-electron chi connectivity index (χ4n) is 2.92. The molecule has 0 spiro atoms. The van der Waals surface area contributed by atoms with Crippen molar-refractivity contribution in [1.82, 2.24) is 19.6 Å². The van der Waals surface area contributed by atoms with Crippen LogP contribution in [0.15, 0.2) is 67.0 Å². The third-order valence-electron chi connectivity index (χ3n) is 4.40. The van der Waals surface area contributed by atoms with Gasteiger partial charge in [-0.3, -0.25) is 9.36 Å². The van der Waals surface area contributed by atoms with E-state index in [1.807, 2.05) is 59.5 Å². The topological polar surface area (TPSA) is 59.7 Å². The van der Waals surface area contributed by atoms with Gasteiger partial charge in [0.15, 0.2) is 16.7 Å². The molecular formula is C21H17Cl3N6S. The van der Waals surface area contributed by atoms with E-state index >= 15 is 0 Å². The Morgan fingerprint density at radius 1 is 0.774 bits per heavy atom. The van der Waals surface area contributed by atoms with Crippen LogP contribution in [0.3, 0.4) is 0 Å². The van der Waals surface area contributed by atoms with E-state index in [4.69, 9.17) is 47.0 Å². The Balaban J connectivity index is 1.33. The van der Waals surface area contributed by atoms with E-state index in [2.05, 4.69) is 20.8 Å². The van der Waals surface area contributed by atoms with Gasteiger partial charge in [-0.2, -0.15) is 10.2 Å². The molecule has 2 heterocycles. The van der Waals surface area contributed by atoms with Crippen LogP contribution in [0, 0.1) is 0 Å². The number of thiocarbonyl (C=S) groups is 1. The number of nitrogens with zero attached hydrogens (tertiary/aromatic N) is 4. The SMILES string of the molecule is S=C(Nc1ccn(Cc2ccc(Cl)cc2)n1)Nc1ccn(Cc2c(Cl)cccc2Cl)n1. The number of nitrogens with one attached hydrogen (secondary N) is 2. The molecule has 0 aliphatic carbocycles. The number of hydrogen-bond donors (Lipinski definition) is 2. The van der Waals surface area contributed by atoms with Gasteiger partial charge >= 0.3 is 0 Å². The lowest BCUT2D eigenvalue weighted by atomic mass is 10.2. The number of halogens is 3. The summed E-state index contributed by atoms with van der Waals surface area (Å²) in [6.45, 7) is 1.09. The second-order valence-corrected chi connectivity index (χ2v) is 8.36. The van der Waals surface area contributed by atoms with Gasteiger partial charge in [0.1, 0.15) is 0 Å².